The van der Waals surface area contributed by atoms with Gasteiger partial charge in [-0.15, -0.1) is 0 Å². The number of phenolic OH excluding ortho intramolecular Hbond substituents is 2. The van der Waals surface area contributed by atoms with E-state index in [0.29, 0.717) is 0 Å². The Labute approximate surface area is 117 Å². The number of aromatic hydroxyl groups is 2. The van der Waals surface area contributed by atoms with Crippen molar-refractivity contribution in [3.8, 4) is 11.5 Å². The van der Waals surface area contributed by atoms with Gasteiger partial charge in [-0.3, -0.25) is 0 Å². The Morgan fingerprint density at radius 1 is 0.800 bits per heavy atom. The summed E-state index contributed by atoms with van der Waals surface area (Å²) in [6.07, 6.45) is 0. The van der Waals surface area contributed by atoms with Gasteiger partial charge in [-0.2, -0.15) is 0 Å². The zero-order chi connectivity index (χ0) is 14.7. The molecule has 0 fully saturated rings. The predicted octanol–water partition coefficient (Wildman–Crippen LogP) is 3.29. The Kier molecular flexibility index (Phi) is 3.84. The summed E-state index contributed by atoms with van der Waals surface area (Å²) in [4.78, 5) is 0. The smallest absolute Gasteiger partial charge is 0.115 e. The highest BCUT2D eigenvalue weighted by molar-refractivity contribution is 6.41. The van der Waals surface area contributed by atoms with Gasteiger partial charge in [0.05, 0.1) is 11.6 Å². The van der Waals surface area contributed by atoms with Gasteiger partial charge in [-0.05, 0) is 42.3 Å². The maximum Gasteiger partial charge on any atom is 0.115 e. The first kappa shape index (κ1) is 13.8. The molecule has 4 nitrogen and oxygen atoms in total. The molecule has 0 spiro atoms. The van der Waals surface area contributed by atoms with E-state index in [2.05, 4.69) is 0 Å². The van der Waals surface area contributed by atoms with Gasteiger partial charge in [0, 0.05) is 5.71 Å². The molecule has 0 bridgehead atoms. The Morgan fingerprint density at radius 3 is 1.45 bits per heavy atom. The third-order valence-corrected chi connectivity index (χ3v) is 3.15. The Balaban J connectivity index is 2.49. The number of hydrogen-bond acceptors (Lipinski definition) is 4. The van der Waals surface area contributed by atoms with E-state index in [1.807, 2.05) is 0 Å². The van der Waals surface area contributed by atoms with Crippen LogP contribution in [0.15, 0.2) is 48.5 Å². The largest absolute Gasteiger partial charge is 0.508 e. The highest BCUT2D eigenvalue weighted by Gasteiger charge is 2.20. The predicted molar refractivity (Wildman–Crippen MR) is 79.2 cm³/mol. The minimum Gasteiger partial charge on any atom is -0.508 e. The summed E-state index contributed by atoms with van der Waals surface area (Å²) in [5, 5.41) is 34.6. The first-order valence-corrected chi connectivity index (χ1v) is 6.21. The molecule has 0 saturated carbocycles. The molecule has 0 amide bonds. The van der Waals surface area contributed by atoms with Crippen LogP contribution in [-0.4, -0.2) is 21.6 Å². The van der Waals surface area contributed by atoms with Gasteiger partial charge in [0.2, 0.25) is 0 Å². The van der Waals surface area contributed by atoms with Crippen molar-refractivity contribution >= 4 is 11.4 Å². The van der Waals surface area contributed by atoms with E-state index in [9.17, 15) is 10.2 Å². The van der Waals surface area contributed by atoms with Crippen molar-refractivity contribution in [3.63, 3.8) is 0 Å². The van der Waals surface area contributed by atoms with E-state index in [0.717, 1.165) is 11.1 Å². The summed E-state index contributed by atoms with van der Waals surface area (Å²) in [5.41, 5.74) is 2.03. The van der Waals surface area contributed by atoms with Crippen LogP contribution in [-0.2, 0) is 0 Å². The fourth-order valence-electron chi connectivity index (χ4n) is 2.08. The van der Waals surface area contributed by atoms with Crippen LogP contribution in [0.4, 0.5) is 0 Å². The van der Waals surface area contributed by atoms with E-state index < -0.39 is 0 Å². The summed E-state index contributed by atoms with van der Waals surface area (Å²) in [6.45, 7) is 1.58. The molecule has 0 heterocycles. The lowest BCUT2D eigenvalue weighted by Crippen LogP contribution is -2.19. The van der Waals surface area contributed by atoms with Crippen molar-refractivity contribution in [1.82, 2.24) is 0 Å². The minimum absolute atomic E-state index is 0.163. The van der Waals surface area contributed by atoms with Crippen LogP contribution >= 0.6 is 0 Å². The van der Waals surface area contributed by atoms with Crippen molar-refractivity contribution in [2.75, 3.05) is 0 Å². The summed E-state index contributed by atoms with van der Waals surface area (Å²) in [5.74, 6) is -0.0543. The molecule has 2 aromatic carbocycles. The second kappa shape index (κ2) is 5.57. The number of rotatable bonds is 4. The molecule has 4 N–H and O–H groups in total. The first-order valence-electron chi connectivity index (χ1n) is 6.21. The molecular weight excluding hydrogens is 252 g/mol. The van der Waals surface area contributed by atoms with Crippen LogP contribution in [0.2, 0.25) is 0 Å². The lowest BCUT2D eigenvalue weighted by Gasteiger charge is -2.19. The fourth-order valence-corrected chi connectivity index (χ4v) is 2.08. The lowest BCUT2D eigenvalue weighted by atomic mass is 9.85. The summed E-state index contributed by atoms with van der Waals surface area (Å²) >= 11 is 0. The van der Waals surface area contributed by atoms with Crippen LogP contribution in [0.25, 0.3) is 0 Å². The van der Waals surface area contributed by atoms with Crippen molar-refractivity contribution in [3.05, 3.63) is 59.7 Å². The van der Waals surface area contributed by atoms with Gasteiger partial charge in [0.25, 0.3) is 0 Å². The lowest BCUT2D eigenvalue weighted by molar-refractivity contribution is 0.475. The SMILES string of the molecule is CC(=N)C(=N)C(c1ccc(O)cc1)c1ccc(O)cc1. The second-order valence-electron chi connectivity index (χ2n) is 4.65. The number of hydrogen-bond donors (Lipinski definition) is 4. The zero-order valence-corrected chi connectivity index (χ0v) is 11.1. The van der Waals surface area contributed by atoms with Gasteiger partial charge in [-0.1, -0.05) is 24.3 Å². The number of phenols is 2. The van der Waals surface area contributed by atoms with Gasteiger partial charge in [-0.25, -0.2) is 0 Å². The molecule has 4 heteroatoms. The molecule has 0 radical (unpaired) electrons. The van der Waals surface area contributed by atoms with E-state index in [1.54, 1.807) is 55.5 Å². The van der Waals surface area contributed by atoms with E-state index >= 15 is 0 Å². The quantitative estimate of drug-likeness (QED) is 0.641. The van der Waals surface area contributed by atoms with Crippen molar-refractivity contribution in [2.45, 2.75) is 12.8 Å². The molecule has 0 aromatic heterocycles. The van der Waals surface area contributed by atoms with Crippen LogP contribution in [0.1, 0.15) is 24.0 Å². The number of nitrogens with one attached hydrogen (secondary N) is 2. The van der Waals surface area contributed by atoms with Gasteiger partial charge in [0.1, 0.15) is 11.5 Å². The molecule has 0 aliphatic heterocycles. The van der Waals surface area contributed by atoms with Gasteiger partial charge in [0.15, 0.2) is 0 Å². The van der Waals surface area contributed by atoms with Crippen LogP contribution in [0.3, 0.4) is 0 Å². The first-order chi connectivity index (χ1) is 9.49. The maximum absolute atomic E-state index is 9.36. The standard InChI is InChI=1S/C16H16N2O2/c1-10(17)16(18)15(11-2-6-13(19)7-3-11)12-4-8-14(20)9-5-12/h2-9,15,17-20H,1H3. The molecule has 20 heavy (non-hydrogen) atoms. The monoisotopic (exact) mass is 268 g/mol. The Bertz CT molecular complexity index is 585. The molecule has 0 unspecified atom stereocenters. The average Bonchev–Trinajstić information content (AvgIpc) is 2.43. The van der Waals surface area contributed by atoms with E-state index in [-0.39, 0.29) is 28.8 Å². The van der Waals surface area contributed by atoms with Crippen LogP contribution < -0.4 is 0 Å². The van der Waals surface area contributed by atoms with E-state index in [4.69, 9.17) is 10.8 Å². The van der Waals surface area contributed by atoms with Crippen molar-refractivity contribution in [1.29, 1.82) is 10.8 Å². The third kappa shape index (κ3) is 2.85. The topological polar surface area (TPSA) is 88.2 Å². The Hall–Kier alpha value is -2.62. The molecule has 0 aliphatic rings. The van der Waals surface area contributed by atoms with Crippen LogP contribution in [0, 0.1) is 10.8 Å². The molecular formula is C16H16N2O2. The molecule has 102 valence electrons. The van der Waals surface area contributed by atoms with Gasteiger partial charge >= 0.3 is 0 Å². The van der Waals surface area contributed by atoms with Crippen LogP contribution in [0.5, 0.6) is 11.5 Å². The molecule has 2 aromatic rings. The van der Waals surface area contributed by atoms with E-state index in [1.165, 1.54) is 0 Å². The van der Waals surface area contributed by atoms with Gasteiger partial charge < -0.3 is 21.0 Å². The maximum atomic E-state index is 9.36. The normalized spacial score (nSPS) is 10.5. The molecule has 0 atom stereocenters. The zero-order valence-electron chi connectivity index (χ0n) is 11.1. The summed E-state index contributed by atoms with van der Waals surface area (Å²) in [7, 11) is 0. The Morgan fingerprint density at radius 2 is 1.15 bits per heavy atom. The summed E-state index contributed by atoms with van der Waals surface area (Å²) < 4.78 is 0. The highest BCUT2D eigenvalue weighted by atomic mass is 16.3. The minimum atomic E-state index is -0.381. The molecule has 0 aliphatic carbocycles. The summed E-state index contributed by atoms with van der Waals surface area (Å²) in [6, 6.07) is 13.2. The average molecular weight is 268 g/mol. The second-order valence-corrected chi connectivity index (χ2v) is 4.65. The number of benzene rings is 2. The van der Waals surface area contributed by atoms with Crippen molar-refractivity contribution in [2.24, 2.45) is 0 Å². The molecule has 0 saturated heterocycles. The third-order valence-electron chi connectivity index (χ3n) is 3.15. The fraction of sp³-hybridized carbons (Fsp3) is 0.125. The van der Waals surface area contributed by atoms with Crippen molar-refractivity contribution < 1.29 is 10.2 Å². The molecule has 2 rings (SSSR count). The highest BCUT2D eigenvalue weighted by Crippen LogP contribution is 2.28.